The summed E-state index contributed by atoms with van der Waals surface area (Å²) in [7, 11) is 0. The molecule has 0 spiro atoms. The lowest BCUT2D eigenvalue weighted by Crippen LogP contribution is -2.10. The number of ether oxygens (including phenoxy) is 4. The maximum absolute atomic E-state index is 12.2. The molecule has 0 bridgehead atoms. The summed E-state index contributed by atoms with van der Waals surface area (Å²) in [6.45, 7) is 3.09. The van der Waals surface area contributed by atoms with Crippen LogP contribution in [-0.4, -0.2) is 31.7 Å². The summed E-state index contributed by atoms with van der Waals surface area (Å²) in [6, 6.07) is 16.4. The fraction of sp³-hybridized carbons (Fsp3) is 0.167. The van der Waals surface area contributed by atoms with Gasteiger partial charge in [0.2, 0.25) is 0 Å². The van der Waals surface area contributed by atoms with Crippen molar-refractivity contribution in [2.24, 2.45) is 4.99 Å². The van der Waals surface area contributed by atoms with Gasteiger partial charge in [-0.25, -0.2) is 9.79 Å². The summed E-state index contributed by atoms with van der Waals surface area (Å²) in [5.74, 6) is 1.91. The van der Waals surface area contributed by atoms with E-state index < -0.39 is 5.97 Å². The Hall–Kier alpha value is -3.52. The van der Waals surface area contributed by atoms with Crippen molar-refractivity contribution in [1.29, 1.82) is 0 Å². The average Bonchev–Trinajstić information content (AvgIpc) is 3.44. The lowest BCUT2D eigenvalue weighted by Gasteiger charge is -2.13. The molecule has 7 nitrogen and oxygen atoms in total. The van der Waals surface area contributed by atoms with E-state index >= 15 is 0 Å². The first-order chi connectivity index (χ1) is 15.6. The number of rotatable bonds is 9. The Morgan fingerprint density at radius 3 is 2.56 bits per heavy atom. The Morgan fingerprint density at radius 2 is 1.81 bits per heavy atom. The third kappa shape index (κ3) is 5.39. The van der Waals surface area contributed by atoms with E-state index in [2.05, 4.69) is 20.9 Å². The molecule has 1 aliphatic heterocycles. The third-order valence-electron chi connectivity index (χ3n) is 4.35. The van der Waals surface area contributed by atoms with Crippen LogP contribution in [0.15, 0.2) is 80.4 Å². The van der Waals surface area contributed by atoms with Crippen molar-refractivity contribution in [3.8, 4) is 17.2 Å². The first-order valence-electron chi connectivity index (χ1n) is 9.97. The predicted octanol–water partition coefficient (Wildman–Crippen LogP) is 5.24. The summed E-state index contributed by atoms with van der Waals surface area (Å²) >= 11 is 3.39. The highest BCUT2D eigenvalue weighted by Gasteiger charge is 2.25. The number of hydrogen-bond donors (Lipinski definition) is 0. The monoisotopic (exact) mass is 497 g/mol. The number of aliphatic imine (C=N–C) groups is 1. The number of carbonyl (C=O) groups excluding carboxylic acids is 1. The van der Waals surface area contributed by atoms with Crippen molar-refractivity contribution in [1.82, 2.24) is 0 Å². The van der Waals surface area contributed by atoms with Crippen LogP contribution in [0.4, 0.5) is 0 Å². The van der Waals surface area contributed by atoms with Gasteiger partial charge in [0.05, 0.1) is 12.9 Å². The van der Waals surface area contributed by atoms with Gasteiger partial charge >= 0.3 is 5.97 Å². The number of carbonyl (C=O) groups is 1. The molecule has 0 saturated heterocycles. The molecule has 0 N–H and O–H groups in total. The maximum atomic E-state index is 12.2. The molecule has 0 atom stereocenters. The van der Waals surface area contributed by atoms with Crippen molar-refractivity contribution >= 4 is 33.9 Å². The number of nitrogens with zero attached hydrogens (tertiary/aromatic N) is 1. The van der Waals surface area contributed by atoms with E-state index in [-0.39, 0.29) is 11.6 Å². The molecule has 1 aromatic heterocycles. The molecule has 2 aromatic carbocycles. The number of hydrogen-bond acceptors (Lipinski definition) is 7. The highest BCUT2D eigenvalue weighted by Crippen LogP contribution is 2.30. The summed E-state index contributed by atoms with van der Waals surface area (Å²) in [5.41, 5.74) is 0.902. The SMILES string of the molecule is CCOc1cc(/C=C2/N=C(c3ccco3)OC2=O)ccc1OCCOc1ccc(Br)cc1. The minimum Gasteiger partial charge on any atom is -0.490 e. The fourth-order valence-corrected chi connectivity index (χ4v) is 3.18. The van der Waals surface area contributed by atoms with Gasteiger partial charge in [0.15, 0.2) is 23.0 Å². The van der Waals surface area contributed by atoms with Crippen LogP contribution in [0.5, 0.6) is 17.2 Å². The standard InChI is InChI=1S/C24H20BrNO6/c1-2-28-22-15-16(14-19-24(27)32-23(26-19)21-4-3-11-30-21)5-10-20(22)31-13-12-29-18-8-6-17(25)7-9-18/h3-11,14-15H,2,12-13H2,1H3/b19-14+. The minimum absolute atomic E-state index is 0.141. The normalized spacial score (nSPS) is 14.2. The van der Waals surface area contributed by atoms with Crippen LogP contribution < -0.4 is 14.2 Å². The Balaban J connectivity index is 1.42. The van der Waals surface area contributed by atoms with Gasteiger partial charge in [0, 0.05) is 4.47 Å². The predicted molar refractivity (Wildman–Crippen MR) is 122 cm³/mol. The molecule has 2 heterocycles. The molecule has 3 aromatic rings. The number of cyclic esters (lactones) is 1. The van der Waals surface area contributed by atoms with Gasteiger partial charge in [-0.2, -0.15) is 0 Å². The van der Waals surface area contributed by atoms with Gasteiger partial charge in [-0.3, -0.25) is 0 Å². The van der Waals surface area contributed by atoms with Crippen LogP contribution in [0.2, 0.25) is 0 Å². The van der Waals surface area contributed by atoms with Gasteiger partial charge in [0.25, 0.3) is 5.90 Å². The topological polar surface area (TPSA) is 79.5 Å². The first-order valence-corrected chi connectivity index (χ1v) is 10.8. The van der Waals surface area contributed by atoms with E-state index in [0.717, 1.165) is 15.8 Å². The third-order valence-corrected chi connectivity index (χ3v) is 4.88. The van der Waals surface area contributed by atoms with E-state index in [1.54, 1.807) is 30.3 Å². The van der Waals surface area contributed by atoms with Crippen molar-refractivity contribution in [2.75, 3.05) is 19.8 Å². The average molecular weight is 498 g/mol. The molecule has 0 saturated carbocycles. The maximum Gasteiger partial charge on any atom is 0.363 e. The van der Waals surface area contributed by atoms with E-state index in [0.29, 0.717) is 37.1 Å². The van der Waals surface area contributed by atoms with Crippen molar-refractivity contribution in [3.05, 3.63) is 82.4 Å². The molecule has 1 aliphatic rings. The molecule has 0 aliphatic carbocycles. The van der Waals surface area contributed by atoms with Crippen LogP contribution in [0.3, 0.4) is 0 Å². The quantitative estimate of drug-likeness (QED) is 0.228. The highest BCUT2D eigenvalue weighted by atomic mass is 79.9. The summed E-state index contributed by atoms with van der Waals surface area (Å²) in [4.78, 5) is 16.4. The van der Waals surface area contributed by atoms with E-state index in [1.165, 1.54) is 6.26 Å². The van der Waals surface area contributed by atoms with Gasteiger partial charge in [-0.05, 0) is 67.1 Å². The molecule has 0 fully saturated rings. The van der Waals surface area contributed by atoms with Crippen LogP contribution >= 0.6 is 15.9 Å². The van der Waals surface area contributed by atoms with E-state index in [1.807, 2.05) is 37.3 Å². The van der Waals surface area contributed by atoms with Gasteiger partial charge in [-0.1, -0.05) is 22.0 Å². The highest BCUT2D eigenvalue weighted by molar-refractivity contribution is 9.10. The zero-order chi connectivity index (χ0) is 22.3. The summed E-state index contributed by atoms with van der Waals surface area (Å²) in [6.07, 6.45) is 3.12. The number of esters is 1. The van der Waals surface area contributed by atoms with Crippen molar-refractivity contribution < 1.29 is 28.2 Å². The molecule has 0 amide bonds. The molecular formula is C24H20BrNO6. The lowest BCUT2D eigenvalue weighted by atomic mass is 10.1. The zero-order valence-electron chi connectivity index (χ0n) is 17.2. The van der Waals surface area contributed by atoms with Crippen LogP contribution in [0, 0.1) is 0 Å². The van der Waals surface area contributed by atoms with Gasteiger partial charge < -0.3 is 23.4 Å². The second kappa shape index (κ2) is 10.2. The second-order valence-corrected chi connectivity index (χ2v) is 7.52. The first kappa shape index (κ1) is 21.7. The molecule has 0 unspecified atom stereocenters. The fourth-order valence-electron chi connectivity index (χ4n) is 2.92. The molecule has 164 valence electrons. The summed E-state index contributed by atoms with van der Waals surface area (Å²) in [5, 5.41) is 0. The summed E-state index contributed by atoms with van der Waals surface area (Å²) < 4.78 is 28.6. The largest absolute Gasteiger partial charge is 0.490 e. The van der Waals surface area contributed by atoms with E-state index in [9.17, 15) is 4.79 Å². The number of furan rings is 1. The van der Waals surface area contributed by atoms with Gasteiger partial charge in [-0.15, -0.1) is 0 Å². The zero-order valence-corrected chi connectivity index (χ0v) is 18.8. The lowest BCUT2D eigenvalue weighted by molar-refractivity contribution is -0.130. The van der Waals surface area contributed by atoms with E-state index in [4.69, 9.17) is 23.4 Å². The van der Waals surface area contributed by atoms with Gasteiger partial charge in [0.1, 0.15) is 19.0 Å². The Bertz CT molecular complexity index is 1140. The molecule has 4 rings (SSSR count). The Kier molecular flexibility index (Phi) is 6.91. The molecule has 32 heavy (non-hydrogen) atoms. The molecule has 0 radical (unpaired) electrons. The molecular weight excluding hydrogens is 478 g/mol. The number of benzene rings is 2. The molecule has 8 heteroatoms. The van der Waals surface area contributed by atoms with Crippen LogP contribution in [0.25, 0.3) is 6.08 Å². The van der Waals surface area contributed by atoms with Crippen molar-refractivity contribution in [2.45, 2.75) is 6.92 Å². The van der Waals surface area contributed by atoms with Crippen molar-refractivity contribution in [3.63, 3.8) is 0 Å². The number of halogens is 1. The Labute approximate surface area is 193 Å². The van der Waals surface area contributed by atoms with Crippen LogP contribution in [0.1, 0.15) is 18.2 Å². The smallest absolute Gasteiger partial charge is 0.363 e. The van der Waals surface area contributed by atoms with Crippen LogP contribution in [-0.2, 0) is 9.53 Å². The second-order valence-electron chi connectivity index (χ2n) is 6.60. The Morgan fingerprint density at radius 1 is 1.00 bits per heavy atom. The minimum atomic E-state index is -0.542.